The van der Waals surface area contributed by atoms with Gasteiger partial charge in [-0.25, -0.2) is 0 Å². The zero-order chi connectivity index (χ0) is 27.6. The summed E-state index contributed by atoms with van der Waals surface area (Å²) in [4.78, 5) is 0. The lowest BCUT2D eigenvalue weighted by atomic mass is 9.65. The van der Waals surface area contributed by atoms with Crippen molar-refractivity contribution in [1.82, 2.24) is 0 Å². The van der Waals surface area contributed by atoms with Gasteiger partial charge in [-0.15, -0.1) is 0 Å². The molecular weight excluding hydrogens is 496 g/mol. The zero-order valence-corrected chi connectivity index (χ0v) is 23.2. The minimum atomic E-state index is -0.356. The first kappa shape index (κ1) is 27.9. The van der Waals surface area contributed by atoms with Gasteiger partial charge in [0.15, 0.2) is 0 Å². The molecule has 5 rings (SSSR count). The highest BCUT2D eigenvalue weighted by atomic mass is 16.5. The molecule has 2 N–H and O–H groups in total. The summed E-state index contributed by atoms with van der Waals surface area (Å²) in [6.07, 6.45) is 7.78. The predicted molar refractivity (Wildman–Crippen MR) is 162 cm³/mol. The summed E-state index contributed by atoms with van der Waals surface area (Å²) in [7, 11) is 0. The fourth-order valence-corrected chi connectivity index (χ4v) is 6.32. The molecule has 0 heterocycles. The summed E-state index contributed by atoms with van der Waals surface area (Å²) in [5, 5.41) is 19.6. The van der Waals surface area contributed by atoms with E-state index >= 15 is 0 Å². The molecule has 0 bridgehead atoms. The van der Waals surface area contributed by atoms with E-state index in [1.807, 2.05) is 36.4 Å². The summed E-state index contributed by atoms with van der Waals surface area (Å²) in [6, 6.07) is 33.6. The fourth-order valence-electron chi connectivity index (χ4n) is 6.32. The van der Waals surface area contributed by atoms with E-state index < -0.39 is 0 Å². The van der Waals surface area contributed by atoms with Crippen LogP contribution in [0, 0.1) is 0 Å². The second-order valence-corrected chi connectivity index (χ2v) is 10.6. The van der Waals surface area contributed by atoms with E-state index in [0.29, 0.717) is 0 Å². The molecule has 4 aromatic rings. The molecule has 0 amide bonds. The van der Waals surface area contributed by atoms with Gasteiger partial charge < -0.3 is 19.7 Å². The second kappa shape index (κ2) is 13.6. The van der Waals surface area contributed by atoms with Gasteiger partial charge in [0.25, 0.3) is 0 Å². The molecule has 208 valence electrons. The highest BCUT2D eigenvalue weighted by Gasteiger charge is 2.40. The van der Waals surface area contributed by atoms with Crippen LogP contribution in [0.3, 0.4) is 0 Å². The van der Waals surface area contributed by atoms with Crippen molar-refractivity contribution in [2.45, 2.75) is 50.4 Å². The number of hydrogen-bond donors (Lipinski definition) is 2. The lowest BCUT2D eigenvalue weighted by molar-refractivity contribution is 0.194. The Balaban J connectivity index is 1.78. The van der Waals surface area contributed by atoms with Crippen LogP contribution < -0.4 is 9.47 Å². The SMILES string of the molecule is OCCOc1c(-c2ccccc2)cccc1C1(c2cccc(-c3ccccc3)c2OCCO)CCCCCCC1. The summed E-state index contributed by atoms with van der Waals surface area (Å²) < 4.78 is 12.9. The van der Waals surface area contributed by atoms with Gasteiger partial charge in [0.2, 0.25) is 0 Å². The van der Waals surface area contributed by atoms with Crippen LogP contribution in [0.15, 0.2) is 97.1 Å². The van der Waals surface area contributed by atoms with Gasteiger partial charge in [-0.1, -0.05) is 129 Å². The van der Waals surface area contributed by atoms with Crippen molar-refractivity contribution in [1.29, 1.82) is 0 Å². The van der Waals surface area contributed by atoms with Crippen molar-refractivity contribution in [3.63, 3.8) is 0 Å². The Morgan fingerprint density at radius 1 is 0.500 bits per heavy atom. The third kappa shape index (κ3) is 5.94. The lowest BCUT2D eigenvalue weighted by Crippen LogP contribution is -2.31. The maximum atomic E-state index is 9.79. The van der Waals surface area contributed by atoms with Crippen molar-refractivity contribution in [2.24, 2.45) is 0 Å². The van der Waals surface area contributed by atoms with Gasteiger partial charge in [-0.05, 0) is 24.0 Å². The zero-order valence-electron chi connectivity index (χ0n) is 23.2. The topological polar surface area (TPSA) is 58.9 Å². The largest absolute Gasteiger partial charge is 0.490 e. The first-order chi connectivity index (χ1) is 19.8. The molecule has 4 nitrogen and oxygen atoms in total. The van der Waals surface area contributed by atoms with E-state index in [-0.39, 0.29) is 31.8 Å². The molecule has 0 radical (unpaired) electrons. The summed E-state index contributed by atoms with van der Waals surface area (Å²) in [5.74, 6) is 1.67. The fraction of sp³-hybridized carbons (Fsp3) is 0.333. The smallest absolute Gasteiger partial charge is 0.131 e. The number of ether oxygens (including phenoxy) is 2. The lowest BCUT2D eigenvalue weighted by Gasteiger charge is -2.39. The third-order valence-corrected chi connectivity index (χ3v) is 8.11. The normalized spacial score (nSPS) is 15.2. The van der Waals surface area contributed by atoms with Gasteiger partial charge in [-0.2, -0.15) is 0 Å². The number of aliphatic hydroxyl groups is 2. The molecular formula is C36H40O4. The average Bonchev–Trinajstić information content (AvgIpc) is 3.00. The minimum Gasteiger partial charge on any atom is -0.490 e. The monoisotopic (exact) mass is 536 g/mol. The van der Waals surface area contributed by atoms with E-state index in [9.17, 15) is 10.2 Å². The number of aliphatic hydroxyl groups excluding tert-OH is 2. The molecule has 1 aliphatic rings. The number of rotatable bonds is 10. The van der Waals surface area contributed by atoms with E-state index in [1.165, 1.54) is 19.3 Å². The highest BCUT2D eigenvalue weighted by molar-refractivity contribution is 5.77. The molecule has 1 aliphatic carbocycles. The maximum Gasteiger partial charge on any atom is 0.131 e. The Morgan fingerprint density at radius 2 is 0.925 bits per heavy atom. The average molecular weight is 537 g/mol. The van der Waals surface area contributed by atoms with Crippen molar-refractivity contribution >= 4 is 0 Å². The summed E-state index contributed by atoms with van der Waals surface area (Å²) in [6.45, 7) is 0.351. The van der Waals surface area contributed by atoms with Gasteiger partial charge >= 0.3 is 0 Å². The quantitative estimate of drug-likeness (QED) is 0.217. The van der Waals surface area contributed by atoms with Crippen LogP contribution in [0.4, 0.5) is 0 Å². The van der Waals surface area contributed by atoms with Gasteiger partial charge in [0.05, 0.1) is 13.2 Å². The molecule has 1 saturated carbocycles. The minimum absolute atomic E-state index is 0.0517. The molecule has 0 aliphatic heterocycles. The molecule has 0 unspecified atom stereocenters. The van der Waals surface area contributed by atoms with E-state index in [4.69, 9.17) is 9.47 Å². The van der Waals surface area contributed by atoms with Gasteiger partial charge in [0.1, 0.15) is 24.7 Å². The van der Waals surface area contributed by atoms with Crippen LogP contribution >= 0.6 is 0 Å². The Labute approximate surface area is 238 Å². The van der Waals surface area contributed by atoms with Crippen molar-refractivity contribution in [3.05, 3.63) is 108 Å². The summed E-state index contributed by atoms with van der Waals surface area (Å²) >= 11 is 0. The van der Waals surface area contributed by atoms with Crippen molar-refractivity contribution < 1.29 is 19.7 Å². The second-order valence-electron chi connectivity index (χ2n) is 10.6. The molecule has 0 spiro atoms. The van der Waals surface area contributed by atoms with Crippen LogP contribution in [0.2, 0.25) is 0 Å². The molecule has 40 heavy (non-hydrogen) atoms. The molecule has 0 saturated heterocycles. The number of benzene rings is 4. The Hall–Kier alpha value is -3.60. The van der Waals surface area contributed by atoms with Crippen LogP contribution in [0.25, 0.3) is 22.3 Å². The van der Waals surface area contributed by atoms with Crippen LogP contribution in [0.5, 0.6) is 11.5 Å². The van der Waals surface area contributed by atoms with Crippen LogP contribution in [-0.4, -0.2) is 36.6 Å². The number of hydrogen-bond acceptors (Lipinski definition) is 4. The molecule has 0 aromatic heterocycles. The molecule has 0 atom stereocenters. The maximum absolute atomic E-state index is 9.79. The highest BCUT2D eigenvalue weighted by Crippen LogP contribution is 2.53. The summed E-state index contributed by atoms with van der Waals surface area (Å²) in [5.41, 5.74) is 6.17. The standard InChI is InChI=1S/C36H40O4/c37-24-26-39-34-30(28-14-6-4-7-15-28)18-12-20-32(34)36(22-10-2-1-3-11-23-36)33-21-13-19-31(35(33)40-27-25-38)29-16-8-5-9-17-29/h4-9,12-21,37-38H,1-3,10-11,22-27H2. The van der Waals surface area contributed by atoms with Crippen molar-refractivity contribution in [3.8, 4) is 33.8 Å². The Morgan fingerprint density at radius 3 is 1.35 bits per heavy atom. The first-order valence-corrected chi connectivity index (χ1v) is 14.6. The van der Waals surface area contributed by atoms with Gasteiger partial charge in [-0.3, -0.25) is 0 Å². The molecule has 4 aromatic carbocycles. The van der Waals surface area contributed by atoms with Crippen LogP contribution in [0.1, 0.15) is 56.1 Å². The molecule has 4 heteroatoms. The Kier molecular flexibility index (Phi) is 9.54. The molecule has 1 fully saturated rings. The van der Waals surface area contributed by atoms with E-state index in [0.717, 1.165) is 70.6 Å². The van der Waals surface area contributed by atoms with E-state index in [1.54, 1.807) is 0 Å². The third-order valence-electron chi connectivity index (χ3n) is 8.11. The van der Waals surface area contributed by atoms with Gasteiger partial charge in [0, 0.05) is 27.7 Å². The van der Waals surface area contributed by atoms with E-state index in [2.05, 4.69) is 60.7 Å². The number of para-hydroxylation sites is 2. The Bertz CT molecular complexity index is 1250. The predicted octanol–water partition coefficient (Wildman–Crippen LogP) is 7.79. The van der Waals surface area contributed by atoms with Crippen molar-refractivity contribution in [2.75, 3.05) is 26.4 Å². The van der Waals surface area contributed by atoms with Crippen LogP contribution in [-0.2, 0) is 5.41 Å². The first-order valence-electron chi connectivity index (χ1n) is 14.6.